The summed E-state index contributed by atoms with van der Waals surface area (Å²) in [7, 11) is 1.66. The Balaban J connectivity index is 2.66. The SMILES string of the molecule is CCCNCc1cccc(OC)c1OCCOCC. The van der Waals surface area contributed by atoms with Crippen LogP contribution in [-0.4, -0.2) is 33.5 Å². The monoisotopic (exact) mass is 267 g/mol. The highest BCUT2D eigenvalue weighted by molar-refractivity contribution is 5.46. The van der Waals surface area contributed by atoms with Crippen molar-refractivity contribution in [3.05, 3.63) is 23.8 Å². The normalized spacial score (nSPS) is 10.5. The number of hydrogen-bond donors (Lipinski definition) is 1. The number of methoxy groups -OCH3 is 1. The fourth-order valence-electron chi connectivity index (χ4n) is 1.77. The van der Waals surface area contributed by atoms with Crippen molar-refractivity contribution in [1.82, 2.24) is 5.32 Å². The molecule has 108 valence electrons. The second-order valence-electron chi connectivity index (χ2n) is 4.17. The molecule has 4 heteroatoms. The van der Waals surface area contributed by atoms with E-state index in [-0.39, 0.29) is 0 Å². The molecular weight excluding hydrogens is 242 g/mol. The quantitative estimate of drug-likeness (QED) is 0.661. The van der Waals surface area contributed by atoms with Gasteiger partial charge in [-0.05, 0) is 26.0 Å². The van der Waals surface area contributed by atoms with Gasteiger partial charge in [0.15, 0.2) is 11.5 Å². The molecule has 19 heavy (non-hydrogen) atoms. The lowest BCUT2D eigenvalue weighted by atomic mass is 10.2. The van der Waals surface area contributed by atoms with E-state index < -0.39 is 0 Å². The summed E-state index contributed by atoms with van der Waals surface area (Å²) in [5.74, 6) is 1.58. The molecule has 4 nitrogen and oxygen atoms in total. The molecule has 0 radical (unpaired) electrons. The standard InChI is InChI=1S/C15H25NO3/c1-4-9-16-12-13-7-6-8-14(17-3)15(13)19-11-10-18-5-2/h6-8,16H,4-5,9-12H2,1-3H3. The fourth-order valence-corrected chi connectivity index (χ4v) is 1.77. The Labute approximate surface area is 116 Å². The van der Waals surface area contributed by atoms with Crippen LogP contribution in [0.25, 0.3) is 0 Å². The highest BCUT2D eigenvalue weighted by Crippen LogP contribution is 2.30. The Morgan fingerprint density at radius 3 is 2.68 bits per heavy atom. The van der Waals surface area contributed by atoms with Crippen molar-refractivity contribution in [3.63, 3.8) is 0 Å². The third kappa shape index (κ3) is 5.49. The minimum atomic E-state index is 0.537. The molecule has 0 saturated heterocycles. The van der Waals surface area contributed by atoms with Crippen molar-refractivity contribution >= 4 is 0 Å². The van der Waals surface area contributed by atoms with E-state index in [9.17, 15) is 0 Å². The molecule has 0 fully saturated rings. The topological polar surface area (TPSA) is 39.7 Å². The van der Waals surface area contributed by atoms with E-state index in [1.54, 1.807) is 7.11 Å². The summed E-state index contributed by atoms with van der Waals surface area (Å²) in [6.45, 7) is 7.75. The second-order valence-corrected chi connectivity index (χ2v) is 4.17. The van der Waals surface area contributed by atoms with Crippen LogP contribution in [0, 0.1) is 0 Å². The van der Waals surface area contributed by atoms with Gasteiger partial charge in [-0.1, -0.05) is 19.1 Å². The summed E-state index contributed by atoms with van der Waals surface area (Å²) in [6, 6.07) is 5.96. The Morgan fingerprint density at radius 2 is 2.00 bits per heavy atom. The molecule has 0 heterocycles. The summed E-state index contributed by atoms with van der Waals surface area (Å²) in [5.41, 5.74) is 1.12. The fraction of sp³-hybridized carbons (Fsp3) is 0.600. The van der Waals surface area contributed by atoms with Gasteiger partial charge < -0.3 is 19.5 Å². The lowest BCUT2D eigenvalue weighted by molar-refractivity contribution is 0.108. The molecule has 0 atom stereocenters. The number of nitrogens with one attached hydrogen (secondary N) is 1. The van der Waals surface area contributed by atoms with E-state index in [1.807, 2.05) is 19.1 Å². The molecule has 0 aliphatic rings. The van der Waals surface area contributed by atoms with E-state index >= 15 is 0 Å². The van der Waals surface area contributed by atoms with Gasteiger partial charge in [0.1, 0.15) is 6.61 Å². The summed E-state index contributed by atoms with van der Waals surface area (Å²) in [4.78, 5) is 0. The van der Waals surface area contributed by atoms with Gasteiger partial charge in [-0.15, -0.1) is 0 Å². The molecule has 0 spiro atoms. The van der Waals surface area contributed by atoms with Crippen LogP contribution in [0.4, 0.5) is 0 Å². The first-order chi connectivity index (χ1) is 9.33. The van der Waals surface area contributed by atoms with Crippen LogP contribution in [0.1, 0.15) is 25.8 Å². The van der Waals surface area contributed by atoms with Crippen molar-refractivity contribution < 1.29 is 14.2 Å². The molecular formula is C15H25NO3. The predicted molar refractivity (Wildman–Crippen MR) is 77.0 cm³/mol. The third-order valence-corrected chi connectivity index (χ3v) is 2.70. The van der Waals surface area contributed by atoms with Crippen LogP contribution >= 0.6 is 0 Å². The van der Waals surface area contributed by atoms with Crippen LogP contribution < -0.4 is 14.8 Å². The second kappa shape index (κ2) is 9.64. The van der Waals surface area contributed by atoms with E-state index in [4.69, 9.17) is 14.2 Å². The van der Waals surface area contributed by atoms with Crippen molar-refractivity contribution in [2.75, 3.05) is 33.5 Å². The molecule has 1 rings (SSSR count). The van der Waals surface area contributed by atoms with Gasteiger partial charge in [-0.2, -0.15) is 0 Å². The molecule has 0 aromatic heterocycles. The lowest BCUT2D eigenvalue weighted by Gasteiger charge is -2.15. The number of hydrogen-bond acceptors (Lipinski definition) is 4. The summed E-state index contributed by atoms with van der Waals surface area (Å²) >= 11 is 0. The highest BCUT2D eigenvalue weighted by Gasteiger charge is 2.10. The van der Waals surface area contributed by atoms with Gasteiger partial charge in [0, 0.05) is 18.7 Å². The minimum Gasteiger partial charge on any atom is -0.493 e. The van der Waals surface area contributed by atoms with Crippen LogP contribution in [-0.2, 0) is 11.3 Å². The Hall–Kier alpha value is -1.26. The van der Waals surface area contributed by atoms with Crippen molar-refractivity contribution in [2.45, 2.75) is 26.8 Å². The number of ether oxygens (including phenoxy) is 3. The van der Waals surface area contributed by atoms with Gasteiger partial charge >= 0.3 is 0 Å². The molecule has 0 bridgehead atoms. The largest absolute Gasteiger partial charge is 0.493 e. The first-order valence-electron chi connectivity index (χ1n) is 6.90. The first-order valence-corrected chi connectivity index (χ1v) is 6.90. The van der Waals surface area contributed by atoms with Crippen LogP contribution in [0.15, 0.2) is 18.2 Å². The van der Waals surface area contributed by atoms with E-state index in [2.05, 4.69) is 18.3 Å². The lowest BCUT2D eigenvalue weighted by Crippen LogP contribution is -2.16. The zero-order valence-electron chi connectivity index (χ0n) is 12.2. The number of benzene rings is 1. The zero-order chi connectivity index (χ0) is 13.9. The smallest absolute Gasteiger partial charge is 0.165 e. The van der Waals surface area contributed by atoms with Gasteiger partial charge in [0.05, 0.1) is 13.7 Å². The van der Waals surface area contributed by atoms with Crippen LogP contribution in [0.5, 0.6) is 11.5 Å². The average molecular weight is 267 g/mol. The third-order valence-electron chi connectivity index (χ3n) is 2.70. The van der Waals surface area contributed by atoms with Gasteiger partial charge in [0.2, 0.25) is 0 Å². The van der Waals surface area contributed by atoms with Gasteiger partial charge in [-0.25, -0.2) is 0 Å². The van der Waals surface area contributed by atoms with Crippen molar-refractivity contribution in [1.29, 1.82) is 0 Å². The Kier molecular flexibility index (Phi) is 8.02. The Morgan fingerprint density at radius 1 is 1.16 bits per heavy atom. The predicted octanol–water partition coefficient (Wildman–Crippen LogP) is 2.61. The maximum atomic E-state index is 5.80. The Bertz CT molecular complexity index is 355. The zero-order valence-corrected chi connectivity index (χ0v) is 12.2. The highest BCUT2D eigenvalue weighted by atomic mass is 16.5. The summed E-state index contributed by atoms with van der Waals surface area (Å²) in [5, 5.41) is 3.38. The minimum absolute atomic E-state index is 0.537. The maximum Gasteiger partial charge on any atom is 0.165 e. The maximum absolute atomic E-state index is 5.80. The average Bonchev–Trinajstić information content (AvgIpc) is 2.44. The van der Waals surface area contributed by atoms with Crippen LogP contribution in [0.3, 0.4) is 0 Å². The molecule has 0 aliphatic carbocycles. The molecule has 1 N–H and O–H groups in total. The summed E-state index contributed by atoms with van der Waals surface area (Å²) in [6.07, 6.45) is 1.12. The number of rotatable bonds is 10. The molecule has 1 aromatic rings. The molecule has 0 unspecified atom stereocenters. The van der Waals surface area contributed by atoms with Crippen LogP contribution in [0.2, 0.25) is 0 Å². The molecule has 1 aromatic carbocycles. The molecule has 0 saturated carbocycles. The summed E-state index contributed by atoms with van der Waals surface area (Å²) < 4.78 is 16.4. The van der Waals surface area contributed by atoms with Gasteiger partial charge in [-0.3, -0.25) is 0 Å². The van der Waals surface area contributed by atoms with E-state index in [0.29, 0.717) is 19.8 Å². The first kappa shape index (κ1) is 15.8. The number of para-hydroxylation sites is 1. The van der Waals surface area contributed by atoms with Gasteiger partial charge in [0.25, 0.3) is 0 Å². The van der Waals surface area contributed by atoms with E-state index in [0.717, 1.165) is 36.6 Å². The van der Waals surface area contributed by atoms with Crippen molar-refractivity contribution in [3.8, 4) is 11.5 Å². The van der Waals surface area contributed by atoms with Crippen molar-refractivity contribution in [2.24, 2.45) is 0 Å². The van der Waals surface area contributed by atoms with E-state index in [1.165, 1.54) is 0 Å². The molecule has 0 aliphatic heterocycles. The molecule has 0 amide bonds.